The maximum Gasteiger partial charge on any atom is 0.257 e. The average Bonchev–Trinajstić information content (AvgIpc) is 3.16. The van der Waals surface area contributed by atoms with Gasteiger partial charge in [0.2, 0.25) is 0 Å². The van der Waals surface area contributed by atoms with Crippen molar-refractivity contribution in [2.24, 2.45) is 0 Å². The van der Waals surface area contributed by atoms with E-state index in [4.69, 9.17) is 4.42 Å². The lowest BCUT2D eigenvalue weighted by atomic mass is 10.1. The predicted molar refractivity (Wildman–Crippen MR) is 110 cm³/mol. The summed E-state index contributed by atoms with van der Waals surface area (Å²) in [5, 5.41) is 3.66. The number of rotatable bonds is 6. The second kappa shape index (κ2) is 8.27. The van der Waals surface area contributed by atoms with Crippen LogP contribution < -0.4 is 5.32 Å². The number of nitrogens with one attached hydrogen (secondary N) is 1. The van der Waals surface area contributed by atoms with Crippen LogP contribution in [0.2, 0.25) is 0 Å². The van der Waals surface area contributed by atoms with Gasteiger partial charge in [0.25, 0.3) is 11.1 Å². The summed E-state index contributed by atoms with van der Waals surface area (Å²) in [4.78, 5) is 21.3. The highest BCUT2D eigenvalue weighted by molar-refractivity contribution is 7.98. The Bertz CT molecular complexity index is 1060. The standard InChI is InChI=1S/C22H19N3O2S/c1-15(16-10-12-23-13-11-16)24-21(26)18-7-3-2-6-17(18)14-28-22-25-19-8-4-5-9-20(19)27-22/h2-13,15H,14H2,1H3,(H,24,26). The molecule has 2 aromatic heterocycles. The van der Waals surface area contributed by atoms with Crippen molar-refractivity contribution in [3.63, 3.8) is 0 Å². The lowest BCUT2D eigenvalue weighted by Gasteiger charge is -2.15. The number of hydrogen-bond acceptors (Lipinski definition) is 5. The van der Waals surface area contributed by atoms with Crippen molar-refractivity contribution >= 4 is 28.8 Å². The Hall–Kier alpha value is -3.12. The number of para-hydroxylation sites is 2. The van der Waals surface area contributed by atoms with Gasteiger partial charge in [-0.3, -0.25) is 9.78 Å². The number of nitrogens with zero attached hydrogens (tertiary/aromatic N) is 2. The van der Waals surface area contributed by atoms with Crippen LogP contribution in [0.15, 0.2) is 82.7 Å². The van der Waals surface area contributed by atoms with Crippen molar-refractivity contribution in [2.75, 3.05) is 0 Å². The van der Waals surface area contributed by atoms with E-state index >= 15 is 0 Å². The zero-order valence-electron chi connectivity index (χ0n) is 15.3. The SMILES string of the molecule is CC(NC(=O)c1ccccc1CSc1nc2ccccc2o1)c1ccncc1. The van der Waals surface area contributed by atoms with E-state index < -0.39 is 0 Å². The van der Waals surface area contributed by atoms with E-state index in [2.05, 4.69) is 15.3 Å². The predicted octanol–water partition coefficient (Wildman–Crippen LogP) is 5.01. The molecule has 4 rings (SSSR count). The molecule has 1 unspecified atom stereocenters. The minimum Gasteiger partial charge on any atom is -0.431 e. The summed E-state index contributed by atoms with van der Waals surface area (Å²) in [6, 6.07) is 19.0. The minimum absolute atomic E-state index is 0.0990. The van der Waals surface area contributed by atoms with Gasteiger partial charge < -0.3 is 9.73 Å². The van der Waals surface area contributed by atoms with Gasteiger partial charge in [-0.1, -0.05) is 42.1 Å². The second-order valence-electron chi connectivity index (χ2n) is 6.37. The molecule has 6 heteroatoms. The average molecular weight is 389 g/mol. The number of hydrogen-bond donors (Lipinski definition) is 1. The fraction of sp³-hybridized carbons (Fsp3) is 0.136. The molecule has 2 aromatic carbocycles. The molecule has 0 spiro atoms. The van der Waals surface area contributed by atoms with Crippen LogP contribution in [0, 0.1) is 0 Å². The van der Waals surface area contributed by atoms with Crippen molar-refractivity contribution in [1.82, 2.24) is 15.3 Å². The van der Waals surface area contributed by atoms with Crippen LogP contribution in [-0.4, -0.2) is 15.9 Å². The number of fused-ring (bicyclic) bond motifs is 1. The van der Waals surface area contributed by atoms with Crippen molar-refractivity contribution in [3.8, 4) is 0 Å². The first-order valence-electron chi connectivity index (χ1n) is 8.98. The van der Waals surface area contributed by atoms with Gasteiger partial charge in [0.15, 0.2) is 5.58 Å². The van der Waals surface area contributed by atoms with Crippen molar-refractivity contribution in [1.29, 1.82) is 0 Å². The maximum absolute atomic E-state index is 12.8. The van der Waals surface area contributed by atoms with E-state index in [1.807, 2.05) is 67.6 Å². The fourth-order valence-electron chi connectivity index (χ4n) is 2.93. The smallest absolute Gasteiger partial charge is 0.257 e. The number of amides is 1. The first-order valence-corrected chi connectivity index (χ1v) is 9.96. The van der Waals surface area contributed by atoms with E-state index in [0.29, 0.717) is 16.5 Å². The molecule has 1 N–H and O–H groups in total. The van der Waals surface area contributed by atoms with Gasteiger partial charge in [0, 0.05) is 23.7 Å². The molecule has 4 aromatic rings. The van der Waals surface area contributed by atoms with Crippen LogP contribution in [0.3, 0.4) is 0 Å². The number of benzene rings is 2. The minimum atomic E-state index is -0.103. The molecule has 1 amide bonds. The molecule has 0 aliphatic carbocycles. The van der Waals surface area contributed by atoms with Crippen molar-refractivity contribution < 1.29 is 9.21 Å². The molecule has 0 aliphatic rings. The molecule has 0 radical (unpaired) electrons. The van der Waals surface area contributed by atoms with E-state index in [-0.39, 0.29) is 11.9 Å². The molecule has 0 saturated carbocycles. The lowest BCUT2D eigenvalue weighted by molar-refractivity contribution is 0.0939. The molecule has 5 nitrogen and oxygen atoms in total. The number of carbonyl (C=O) groups excluding carboxylic acids is 1. The molecular formula is C22H19N3O2S. The highest BCUT2D eigenvalue weighted by Gasteiger charge is 2.15. The van der Waals surface area contributed by atoms with Gasteiger partial charge in [-0.25, -0.2) is 4.98 Å². The Morgan fingerprint density at radius 1 is 1.07 bits per heavy atom. The monoisotopic (exact) mass is 389 g/mol. The molecule has 0 saturated heterocycles. The number of aromatic nitrogens is 2. The number of carbonyl (C=O) groups is 1. The number of thioether (sulfide) groups is 1. The molecule has 28 heavy (non-hydrogen) atoms. The largest absolute Gasteiger partial charge is 0.431 e. The maximum atomic E-state index is 12.8. The number of pyridine rings is 1. The van der Waals surface area contributed by atoms with E-state index in [1.54, 1.807) is 12.4 Å². The first-order chi connectivity index (χ1) is 13.7. The molecule has 1 atom stereocenters. The first kappa shape index (κ1) is 18.3. The van der Waals surface area contributed by atoms with Gasteiger partial charge >= 0.3 is 0 Å². The van der Waals surface area contributed by atoms with Crippen LogP contribution in [-0.2, 0) is 5.75 Å². The Morgan fingerprint density at radius 2 is 1.82 bits per heavy atom. The normalized spacial score (nSPS) is 12.0. The molecule has 2 heterocycles. The molecule has 0 bridgehead atoms. The molecule has 0 aliphatic heterocycles. The summed E-state index contributed by atoms with van der Waals surface area (Å²) < 4.78 is 5.76. The topological polar surface area (TPSA) is 68.0 Å². The zero-order chi connectivity index (χ0) is 19.3. The highest BCUT2D eigenvalue weighted by atomic mass is 32.2. The van der Waals surface area contributed by atoms with Gasteiger partial charge in [-0.15, -0.1) is 0 Å². The number of oxazole rings is 1. The van der Waals surface area contributed by atoms with Gasteiger partial charge in [0.05, 0.1) is 6.04 Å². The van der Waals surface area contributed by atoms with Crippen LogP contribution in [0.5, 0.6) is 0 Å². The van der Waals surface area contributed by atoms with E-state index in [1.165, 1.54) is 11.8 Å². The zero-order valence-corrected chi connectivity index (χ0v) is 16.1. The summed E-state index contributed by atoms with van der Waals surface area (Å²) in [5.74, 6) is 0.498. The summed E-state index contributed by atoms with van der Waals surface area (Å²) in [6.45, 7) is 1.96. The summed E-state index contributed by atoms with van der Waals surface area (Å²) in [7, 11) is 0. The Balaban J connectivity index is 1.47. The van der Waals surface area contributed by atoms with Gasteiger partial charge in [-0.2, -0.15) is 0 Å². The van der Waals surface area contributed by atoms with Gasteiger partial charge in [0.1, 0.15) is 5.52 Å². The summed E-state index contributed by atoms with van der Waals surface area (Å²) in [6.07, 6.45) is 3.45. The lowest BCUT2D eigenvalue weighted by Crippen LogP contribution is -2.27. The molecule has 140 valence electrons. The van der Waals surface area contributed by atoms with Crippen LogP contribution in [0.4, 0.5) is 0 Å². The fourth-order valence-corrected chi connectivity index (χ4v) is 3.77. The van der Waals surface area contributed by atoms with E-state index in [9.17, 15) is 4.79 Å². The molecular weight excluding hydrogens is 370 g/mol. The summed E-state index contributed by atoms with van der Waals surface area (Å²) in [5.41, 5.74) is 4.22. The van der Waals surface area contributed by atoms with E-state index in [0.717, 1.165) is 22.2 Å². The second-order valence-corrected chi connectivity index (χ2v) is 7.30. The third kappa shape index (κ3) is 4.07. The molecule has 0 fully saturated rings. The Labute approximate surface area is 167 Å². The van der Waals surface area contributed by atoms with Crippen LogP contribution in [0.1, 0.15) is 34.5 Å². The van der Waals surface area contributed by atoms with Crippen LogP contribution >= 0.6 is 11.8 Å². The third-order valence-corrected chi connectivity index (χ3v) is 5.32. The van der Waals surface area contributed by atoms with Crippen molar-refractivity contribution in [3.05, 3.63) is 89.7 Å². The third-order valence-electron chi connectivity index (χ3n) is 4.44. The Kier molecular flexibility index (Phi) is 5.39. The van der Waals surface area contributed by atoms with Gasteiger partial charge in [-0.05, 0) is 48.4 Å². The van der Waals surface area contributed by atoms with Crippen molar-refractivity contribution in [2.45, 2.75) is 23.9 Å². The summed E-state index contributed by atoms with van der Waals surface area (Å²) >= 11 is 1.48. The quantitative estimate of drug-likeness (QED) is 0.470. The van der Waals surface area contributed by atoms with Crippen LogP contribution in [0.25, 0.3) is 11.1 Å². The highest BCUT2D eigenvalue weighted by Crippen LogP contribution is 2.27. The Morgan fingerprint density at radius 3 is 2.64 bits per heavy atom.